The Morgan fingerprint density at radius 2 is 2.00 bits per heavy atom. The molecule has 54 valence electrons. The molecule has 0 saturated carbocycles. The zero-order valence-electron chi connectivity index (χ0n) is 6.55. The molecule has 0 aromatic heterocycles. The highest BCUT2D eigenvalue weighted by molar-refractivity contribution is 5.52. The third-order valence-corrected chi connectivity index (χ3v) is 1.70. The molecule has 0 radical (unpaired) electrons. The van der Waals surface area contributed by atoms with Crippen LogP contribution in [0.4, 0.5) is 0 Å². The van der Waals surface area contributed by atoms with Crippen LogP contribution in [0.15, 0.2) is 0 Å². The van der Waals surface area contributed by atoms with E-state index < -0.39 is 0 Å². The molecule has 0 aliphatic heterocycles. The minimum atomic E-state index is 0.250. The second-order valence-electron chi connectivity index (χ2n) is 2.86. The van der Waals surface area contributed by atoms with E-state index >= 15 is 0 Å². The van der Waals surface area contributed by atoms with Crippen molar-refractivity contribution in [2.45, 2.75) is 33.6 Å². The first-order chi connectivity index (χ1) is 4.20. The van der Waals surface area contributed by atoms with Crippen LogP contribution < -0.4 is 0 Å². The van der Waals surface area contributed by atoms with E-state index in [1.807, 2.05) is 6.92 Å². The molecule has 0 amide bonds. The number of carbonyl (C=O) groups excluding carboxylic acids is 1. The molecular formula is C8H16O. The summed E-state index contributed by atoms with van der Waals surface area (Å²) in [4.78, 5) is 10.2. The maximum atomic E-state index is 10.2. The van der Waals surface area contributed by atoms with Gasteiger partial charge in [-0.3, -0.25) is 0 Å². The van der Waals surface area contributed by atoms with Gasteiger partial charge in [-0.15, -0.1) is 0 Å². The molecule has 0 bridgehead atoms. The van der Waals surface area contributed by atoms with Gasteiger partial charge in [0.15, 0.2) is 0 Å². The molecule has 0 aliphatic rings. The summed E-state index contributed by atoms with van der Waals surface area (Å²) < 4.78 is 0. The number of hydrogen-bond donors (Lipinski definition) is 0. The Hall–Kier alpha value is -0.330. The summed E-state index contributed by atoms with van der Waals surface area (Å²) in [5.41, 5.74) is 0. The Kier molecular flexibility index (Phi) is 4.37. The summed E-state index contributed by atoms with van der Waals surface area (Å²) in [6, 6.07) is 0. The van der Waals surface area contributed by atoms with Gasteiger partial charge in [0.2, 0.25) is 0 Å². The highest BCUT2D eigenvalue weighted by Crippen LogP contribution is 2.12. The van der Waals surface area contributed by atoms with E-state index in [-0.39, 0.29) is 5.92 Å². The maximum absolute atomic E-state index is 10.2. The second-order valence-corrected chi connectivity index (χ2v) is 2.86. The fraction of sp³-hybridized carbons (Fsp3) is 0.875. The molecule has 0 N–H and O–H groups in total. The minimum Gasteiger partial charge on any atom is -0.303 e. The van der Waals surface area contributed by atoms with Crippen molar-refractivity contribution in [3.63, 3.8) is 0 Å². The molecule has 0 spiro atoms. The van der Waals surface area contributed by atoms with Crippen molar-refractivity contribution in [2.24, 2.45) is 11.8 Å². The number of aldehydes is 1. The van der Waals surface area contributed by atoms with E-state index in [4.69, 9.17) is 0 Å². The van der Waals surface area contributed by atoms with E-state index in [2.05, 4.69) is 13.8 Å². The number of carbonyl (C=O) groups is 1. The smallest absolute Gasteiger partial charge is 0.122 e. The predicted molar refractivity (Wildman–Crippen MR) is 39.3 cm³/mol. The van der Waals surface area contributed by atoms with Gasteiger partial charge in [0.25, 0.3) is 0 Å². The lowest BCUT2D eigenvalue weighted by atomic mass is 9.97. The van der Waals surface area contributed by atoms with Gasteiger partial charge in [-0.25, -0.2) is 0 Å². The quantitative estimate of drug-likeness (QED) is 0.531. The standard InChI is InChI=1S/C8H16O/c1-4-7(2)5-8(3)6-9/h6-8H,4-5H2,1-3H3/t7-,8-/m1/s1. The molecule has 0 aromatic rings. The Morgan fingerprint density at radius 3 is 2.33 bits per heavy atom. The van der Waals surface area contributed by atoms with Crippen molar-refractivity contribution in [1.82, 2.24) is 0 Å². The normalized spacial score (nSPS) is 16.8. The molecule has 0 fully saturated rings. The van der Waals surface area contributed by atoms with E-state index in [0.717, 1.165) is 12.7 Å². The lowest BCUT2D eigenvalue weighted by Gasteiger charge is -2.08. The molecule has 1 nitrogen and oxygen atoms in total. The zero-order valence-corrected chi connectivity index (χ0v) is 6.55. The van der Waals surface area contributed by atoms with Crippen LogP contribution in [0.5, 0.6) is 0 Å². The van der Waals surface area contributed by atoms with Gasteiger partial charge in [-0.05, 0) is 12.3 Å². The van der Waals surface area contributed by atoms with Gasteiger partial charge in [0, 0.05) is 5.92 Å². The second kappa shape index (κ2) is 4.54. The topological polar surface area (TPSA) is 17.1 Å². The fourth-order valence-electron chi connectivity index (χ4n) is 0.857. The van der Waals surface area contributed by atoms with Gasteiger partial charge in [-0.2, -0.15) is 0 Å². The monoisotopic (exact) mass is 128 g/mol. The average Bonchev–Trinajstić information content (AvgIpc) is 1.87. The van der Waals surface area contributed by atoms with Crippen molar-refractivity contribution in [3.8, 4) is 0 Å². The lowest BCUT2D eigenvalue weighted by molar-refractivity contribution is -0.111. The largest absolute Gasteiger partial charge is 0.303 e. The molecule has 0 saturated heterocycles. The third-order valence-electron chi connectivity index (χ3n) is 1.70. The molecule has 0 rings (SSSR count). The summed E-state index contributed by atoms with van der Waals surface area (Å²) in [5, 5.41) is 0. The Morgan fingerprint density at radius 1 is 1.44 bits per heavy atom. The van der Waals surface area contributed by atoms with Crippen LogP contribution >= 0.6 is 0 Å². The zero-order chi connectivity index (χ0) is 7.28. The number of rotatable bonds is 4. The Balaban J connectivity index is 3.33. The van der Waals surface area contributed by atoms with Gasteiger partial charge in [-0.1, -0.05) is 27.2 Å². The molecule has 0 aliphatic carbocycles. The van der Waals surface area contributed by atoms with Gasteiger partial charge >= 0.3 is 0 Å². The van der Waals surface area contributed by atoms with Crippen molar-refractivity contribution in [3.05, 3.63) is 0 Å². The molecule has 9 heavy (non-hydrogen) atoms. The highest BCUT2D eigenvalue weighted by Gasteiger charge is 2.04. The van der Waals surface area contributed by atoms with Crippen LogP contribution in [0.2, 0.25) is 0 Å². The average molecular weight is 128 g/mol. The first-order valence-electron chi connectivity index (χ1n) is 3.66. The molecule has 0 unspecified atom stereocenters. The van der Waals surface area contributed by atoms with Crippen LogP contribution in [0.3, 0.4) is 0 Å². The maximum Gasteiger partial charge on any atom is 0.122 e. The third kappa shape index (κ3) is 4.19. The predicted octanol–water partition coefficient (Wildman–Crippen LogP) is 2.26. The van der Waals surface area contributed by atoms with Gasteiger partial charge in [0.1, 0.15) is 6.29 Å². The van der Waals surface area contributed by atoms with Crippen molar-refractivity contribution >= 4 is 6.29 Å². The Bertz CT molecular complexity index is 78.6. The van der Waals surface area contributed by atoms with Crippen LogP contribution in [0.1, 0.15) is 33.6 Å². The van der Waals surface area contributed by atoms with E-state index in [9.17, 15) is 4.79 Å². The van der Waals surface area contributed by atoms with Crippen molar-refractivity contribution < 1.29 is 4.79 Å². The molecular weight excluding hydrogens is 112 g/mol. The van der Waals surface area contributed by atoms with Crippen molar-refractivity contribution in [2.75, 3.05) is 0 Å². The van der Waals surface area contributed by atoms with Crippen molar-refractivity contribution in [1.29, 1.82) is 0 Å². The summed E-state index contributed by atoms with van der Waals surface area (Å²) in [6.45, 7) is 6.31. The van der Waals surface area contributed by atoms with Crippen LogP contribution in [0.25, 0.3) is 0 Å². The van der Waals surface area contributed by atoms with E-state index in [0.29, 0.717) is 5.92 Å². The SMILES string of the molecule is CC[C@@H](C)C[C@@H](C)C=O. The Labute approximate surface area is 57.5 Å². The lowest BCUT2D eigenvalue weighted by Crippen LogP contribution is -2.02. The summed E-state index contributed by atoms with van der Waals surface area (Å²) >= 11 is 0. The first kappa shape index (κ1) is 8.67. The minimum absolute atomic E-state index is 0.250. The first-order valence-corrected chi connectivity index (χ1v) is 3.66. The van der Waals surface area contributed by atoms with Crippen LogP contribution in [-0.4, -0.2) is 6.29 Å². The van der Waals surface area contributed by atoms with Gasteiger partial charge < -0.3 is 4.79 Å². The van der Waals surface area contributed by atoms with E-state index in [1.54, 1.807) is 0 Å². The molecule has 1 heteroatoms. The van der Waals surface area contributed by atoms with Crippen LogP contribution in [-0.2, 0) is 4.79 Å². The molecule has 0 heterocycles. The molecule has 0 aromatic carbocycles. The summed E-state index contributed by atoms with van der Waals surface area (Å²) in [7, 11) is 0. The summed E-state index contributed by atoms with van der Waals surface area (Å²) in [5.74, 6) is 0.949. The van der Waals surface area contributed by atoms with Gasteiger partial charge in [0.05, 0.1) is 0 Å². The number of hydrogen-bond acceptors (Lipinski definition) is 1. The fourth-order valence-corrected chi connectivity index (χ4v) is 0.857. The summed E-state index contributed by atoms with van der Waals surface area (Å²) in [6.07, 6.45) is 3.25. The van der Waals surface area contributed by atoms with E-state index in [1.165, 1.54) is 6.42 Å². The molecule has 2 atom stereocenters. The highest BCUT2D eigenvalue weighted by atomic mass is 16.1. The van der Waals surface area contributed by atoms with Crippen LogP contribution in [0, 0.1) is 11.8 Å².